The molecule has 0 saturated heterocycles. The van der Waals surface area contributed by atoms with Gasteiger partial charge in [-0.2, -0.15) is 0 Å². The number of amides is 1. The van der Waals surface area contributed by atoms with Gasteiger partial charge < -0.3 is 15.8 Å². The van der Waals surface area contributed by atoms with Crippen LogP contribution in [0.5, 0.6) is 5.75 Å². The molecule has 0 spiro atoms. The summed E-state index contributed by atoms with van der Waals surface area (Å²) < 4.78 is 7.30. The number of halogens is 1. The maximum absolute atomic E-state index is 12.7. The molecular weight excluding hydrogens is 366 g/mol. The molecule has 0 fully saturated rings. The van der Waals surface area contributed by atoms with Crippen LogP contribution in [0.15, 0.2) is 24.3 Å². The van der Waals surface area contributed by atoms with Gasteiger partial charge in [-0.1, -0.05) is 19.1 Å². The summed E-state index contributed by atoms with van der Waals surface area (Å²) in [7, 11) is 0. The van der Waals surface area contributed by atoms with E-state index in [2.05, 4.69) is 15.6 Å². The smallest absolute Gasteiger partial charge is 0.274 e. The van der Waals surface area contributed by atoms with Crippen LogP contribution >= 0.6 is 12.4 Å². The molecule has 150 valence electrons. The Balaban J connectivity index is 0.00000364. The standard InChI is InChI=1S/C19H29N5O2.ClH/c1-6-19(7-2,12-20)21-18(25)17-14(5)24(23-22-17)15-8-10-16(11-9-15)26-13(3)4;/h8-11,13H,6-7,12,20H2,1-5H3,(H,21,25);1H. The number of hydrogen-bond acceptors (Lipinski definition) is 5. The summed E-state index contributed by atoms with van der Waals surface area (Å²) in [5, 5.41) is 11.3. The van der Waals surface area contributed by atoms with E-state index in [9.17, 15) is 4.79 Å². The predicted octanol–water partition coefficient (Wildman–Crippen LogP) is 3.03. The van der Waals surface area contributed by atoms with E-state index < -0.39 is 5.54 Å². The summed E-state index contributed by atoms with van der Waals surface area (Å²) in [6, 6.07) is 7.54. The second kappa shape index (κ2) is 9.71. The predicted molar refractivity (Wildman–Crippen MR) is 109 cm³/mol. The van der Waals surface area contributed by atoms with Crippen LogP contribution in [0.3, 0.4) is 0 Å². The number of carbonyl (C=O) groups is 1. The minimum Gasteiger partial charge on any atom is -0.491 e. The Kier molecular flexibility index (Phi) is 8.24. The highest BCUT2D eigenvalue weighted by atomic mass is 35.5. The minimum atomic E-state index is -0.414. The van der Waals surface area contributed by atoms with Crippen molar-refractivity contribution in [3.63, 3.8) is 0 Å². The fourth-order valence-electron chi connectivity index (χ4n) is 2.79. The highest BCUT2D eigenvalue weighted by Gasteiger charge is 2.29. The molecule has 3 N–H and O–H groups in total. The fraction of sp³-hybridized carbons (Fsp3) is 0.526. The van der Waals surface area contributed by atoms with Gasteiger partial charge in [0.25, 0.3) is 5.91 Å². The topological polar surface area (TPSA) is 95.1 Å². The van der Waals surface area contributed by atoms with Gasteiger partial charge >= 0.3 is 0 Å². The Hall–Kier alpha value is -2.12. The number of nitrogens with zero attached hydrogens (tertiary/aromatic N) is 3. The molecule has 2 aromatic rings. The Bertz CT molecular complexity index is 731. The second-order valence-corrected chi connectivity index (χ2v) is 6.74. The average molecular weight is 396 g/mol. The largest absolute Gasteiger partial charge is 0.491 e. The first-order valence-corrected chi connectivity index (χ1v) is 9.07. The van der Waals surface area contributed by atoms with Crippen molar-refractivity contribution in [1.29, 1.82) is 0 Å². The second-order valence-electron chi connectivity index (χ2n) is 6.74. The molecule has 0 bridgehead atoms. The molecule has 1 amide bonds. The molecule has 27 heavy (non-hydrogen) atoms. The first-order valence-electron chi connectivity index (χ1n) is 9.07. The molecule has 0 atom stereocenters. The van der Waals surface area contributed by atoms with Gasteiger partial charge in [-0.15, -0.1) is 17.5 Å². The monoisotopic (exact) mass is 395 g/mol. The molecule has 8 heteroatoms. The molecule has 0 aliphatic rings. The maximum Gasteiger partial charge on any atom is 0.274 e. The summed E-state index contributed by atoms with van der Waals surface area (Å²) >= 11 is 0. The van der Waals surface area contributed by atoms with Gasteiger partial charge in [-0.05, 0) is 57.9 Å². The number of rotatable bonds is 8. The van der Waals surface area contributed by atoms with E-state index in [1.165, 1.54) is 0 Å². The van der Waals surface area contributed by atoms with Gasteiger partial charge in [0.05, 0.1) is 23.0 Å². The van der Waals surface area contributed by atoms with Gasteiger partial charge in [0, 0.05) is 6.54 Å². The number of nitrogens with two attached hydrogens (primary N) is 1. The summed E-state index contributed by atoms with van der Waals surface area (Å²) in [6.07, 6.45) is 1.64. The zero-order chi connectivity index (χ0) is 19.3. The Labute approximate surface area is 167 Å². The summed E-state index contributed by atoms with van der Waals surface area (Å²) in [4.78, 5) is 12.7. The zero-order valence-electron chi connectivity index (χ0n) is 16.7. The van der Waals surface area contributed by atoms with E-state index in [1.807, 2.05) is 58.9 Å². The van der Waals surface area contributed by atoms with Crippen molar-refractivity contribution in [3.05, 3.63) is 35.7 Å². The van der Waals surface area contributed by atoms with E-state index >= 15 is 0 Å². The molecular formula is C19H30ClN5O2. The van der Waals surface area contributed by atoms with Crippen molar-refractivity contribution in [1.82, 2.24) is 20.3 Å². The molecule has 0 radical (unpaired) electrons. The molecule has 2 rings (SSSR count). The van der Waals surface area contributed by atoms with Crippen LogP contribution in [-0.2, 0) is 0 Å². The van der Waals surface area contributed by atoms with Crippen molar-refractivity contribution in [2.75, 3.05) is 6.54 Å². The molecule has 1 aromatic carbocycles. The van der Waals surface area contributed by atoms with E-state index in [0.29, 0.717) is 17.9 Å². The molecule has 0 unspecified atom stereocenters. The van der Waals surface area contributed by atoms with Crippen molar-refractivity contribution in [2.24, 2.45) is 5.73 Å². The normalized spacial score (nSPS) is 11.2. The SMILES string of the molecule is CCC(CC)(CN)NC(=O)c1nnn(-c2ccc(OC(C)C)cc2)c1C.Cl. The summed E-state index contributed by atoms with van der Waals surface area (Å²) in [6.45, 7) is 10.2. The molecule has 0 aliphatic carbocycles. The number of carbonyl (C=O) groups excluding carboxylic acids is 1. The van der Waals surface area contributed by atoms with Gasteiger partial charge in [0.1, 0.15) is 5.75 Å². The highest BCUT2D eigenvalue weighted by Crippen LogP contribution is 2.19. The Morgan fingerprint density at radius 1 is 1.26 bits per heavy atom. The number of hydrogen-bond donors (Lipinski definition) is 2. The number of nitrogens with one attached hydrogen (secondary N) is 1. The van der Waals surface area contributed by atoms with Crippen molar-refractivity contribution < 1.29 is 9.53 Å². The number of aromatic nitrogens is 3. The van der Waals surface area contributed by atoms with Gasteiger partial charge in [-0.25, -0.2) is 4.68 Å². The lowest BCUT2D eigenvalue weighted by Crippen LogP contribution is -2.53. The Morgan fingerprint density at radius 3 is 2.33 bits per heavy atom. The third-order valence-electron chi connectivity index (χ3n) is 4.69. The van der Waals surface area contributed by atoms with Gasteiger partial charge in [0.15, 0.2) is 5.69 Å². The van der Waals surface area contributed by atoms with Crippen LogP contribution in [0.2, 0.25) is 0 Å². The molecule has 0 saturated carbocycles. The summed E-state index contributed by atoms with van der Waals surface area (Å²) in [5.41, 5.74) is 7.27. The quantitative estimate of drug-likeness (QED) is 0.716. The molecule has 7 nitrogen and oxygen atoms in total. The third kappa shape index (κ3) is 5.20. The van der Waals surface area contributed by atoms with Crippen LogP contribution in [0.1, 0.15) is 56.7 Å². The van der Waals surface area contributed by atoms with E-state index in [-0.39, 0.29) is 24.4 Å². The van der Waals surface area contributed by atoms with Crippen molar-refractivity contribution in [3.8, 4) is 11.4 Å². The molecule has 1 aromatic heterocycles. The number of ether oxygens (including phenoxy) is 1. The van der Waals surface area contributed by atoms with E-state index in [0.717, 1.165) is 24.3 Å². The van der Waals surface area contributed by atoms with Crippen LogP contribution < -0.4 is 15.8 Å². The first-order chi connectivity index (χ1) is 12.4. The zero-order valence-corrected chi connectivity index (χ0v) is 17.5. The lowest BCUT2D eigenvalue weighted by molar-refractivity contribution is 0.0889. The third-order valence-corrected chi connectivity index (χ3v) is 4.69. The maximum atomic E-state index is 12.7. The van der Waals surface area contributed by atoms with E-state index in [4.69, 9.17) is 10.5 Å². The lowest BCUT2D eigenvalue weighted by Gasteiger charge is -2.31. The van der Waals surface area contributed by atoms with E-state index in [1.54, 1.807) is 4.68 Å². The van der Waals surface area contributed by atoms with Crippen LogP contribution in [0, 0.1) is 6.92 Å². The van der Waals surface area contributed by atoms with Crippen molar-refractivity contribution in [2.45, 2.75) is 59.1 Å². The lowest BCUT2D eigenvalue weighted by atomic mass is 9.92. The molecule has 1 heterocycles. The minimum absolute atomic E-state index is 0. The fourth-order valence-corrected chi connectivity index (χ4v) is 2.79. The van der Waals surface area contributed by atoms with Crippen LogP contribution in [-0.4, -0.2) is 39.1 Å². The number of benzene rings is 1. The van der Waals surface area contributed by atoms with Gasteiger partial charge in [0.2, 0.25) is 0 Å². The molecule has 0 aliphatic heterocycles. The van der Waals surface area contributed by atoms with Crippen LogP contribution in [0.4, 0.5) is 0 Å². The Morgan fingerprint density at radius 2 is 1.85 bits per heavy atom. The average Bonchev–Trinajstić information content (AvgIpc) is 3.01. The highest BCUT2D eigenvalue weighted by molar-refractivity contribution is 5.93. The van der Waals surface area contributed by atoms with Crippen molar-refractivity contribution >= 4 is 18.3 Å². The van der Waals surface area contributed by atoms with Crippen LogP contribution in [0.25, 0.3) is 5.69 Å². The first kappa shape index (κ1) is 22.9. The summed E-state index contributed by atoms with van der Waals surface area (Å²) in [5.74, 6) is 0.542. The van der Waals surface area contributed by atoms with Gasteiger partial charge in [-0.3, -0.25) is 4.79 Å².